The average Bonchev–Trinajstić information content (AvgIpc) is 2.75. The van der Waals surface area contributed by atoms with Gasteiger partial charge in [-0.15, -0.1) is 0 Å². The van der Waals surface area contributed by atoms with Gasteiger partial charge in [0.2, 0.25) is 0 Å². The molecule has 0 aliphatic carbocycles. The molecule has 0 saturated carbocycles. The first-order valence-corrected chi connectivity index (χ1v) is 7.62. The van der Waals surface area contributed by atoms with Gasteiger partial charge < -0.3 is 9.73 Å². The lowest BCUT2D eigenvalue weighted by Gasteiger charge is -2.32. The molecule has 1 aromatic rings. The lowest BCUT2D eigenvalue weighted by molar-refractivity contribution is 0.151. The summed E-state index contributed by atoms with van der Waals surface area (Å²) >= 11 is 3.54. The van der Waals surface area contributed by atoms with E-state index in [9.17, 15) is 0 Å². The first kappa shape index (κ1) is 14.1. The monoisotopic (exact) mass is 314 g/mol. The van der Waals surface area contributed by atoms with Crippen molar-refractivity contribution in [2.24, 2.45) is 5.92 Å². The van der Waals surface area contributed by atoms with Crippen LogP contribution in [0.5, 0.6) is 0 Å². The molecule has 1 aromatic heterocycles. The van der Waals surface area contributed by atoms with E-state index in [2.05, 4.69) is 40.0 Å². The zero-order chi connectivity index (χ0) is 13.0. The van der Waals surface area contributed by atoms with E-state index in [0.717, 1.165) is 22.7 Å². The van der Waals surface area contributed by atoms with Crippen LogP contribution in [0.25, 0.3) is 0 Å². The Hall–Kier alpha value is -0.320. The van der Waals surface area contributed by atoms with Crippen LogP contribution < -0.4 is 5.32 Å². The maximum atomic E-state index is 5.53. The fourth-order valence-corrected chi connectivity index (χ4v) is 2.80. The maximum Gasteiger partial charge on any atom is 0.131 e. The molecule has 0 atom stereocenters. The van der Waals surface area contributed by atoms with Gasteiger partial charge in [-0.3, -0.25) is 4.90 Å². The standard InChI is InChI=1S/C14H23BrN2O/c1-11(2)17(9-12-3-6-16-7-4-12)10-14-13(15)5-8-18-14/h5,8,11-12,16H,3-4,6-7,9-10H2,1-2H3. The molecule has 2 rings (SSSR count). The fourth-order valence-electron chi connectivity index (χ4n) is 2.48. The lowest BCUT2D eigenvalue weighted by atomic mass is 9.97. The van der Waals surface area contributed by atoms with Gasteiger partial charge >= 0.3 is 0 Å². The number of piperidine rings is 1. The zero-order valence-electron chi connectivity index (χ0n) is 11.3. The molecule has 1 fully saturated rings. The van der Waals surface area contributed by atoms with Crippen LogP contribution in [-0.4, -0.2) is 30.6 Å². The number of halogens is 1. The summed E-state index contributed by atoms with van der Waals surface area (Å²) in [5.41, 5.74) is 0. The Morgan fingerprint density at radius 2 is 2.17 bits per heavy atom. The van der Waals surface area contributed by atoms with Gasteiger partial charge in [0.15, 0.2) is 0 Å². The second kappa shape index (κ2) is 6.73. The van der Waals surface area contributed by atoms with E-state index in [1.807, 2.05) is 6.07 Å². The second-order valence-electron chi connectivity index (χ2n) is 5.41. The molecule has 0 aromatic carbocycles. The Morgan fingerprint density at radius 1 is 1.44 bits per heavy atom. The van der Waals surface area contributed by atoms with Crippen LogP contribution in [-0.2, 0) is 6.54 Å². The number of furan rings is 1. The summed E-state index contributed by atoms with van der Waals surface area (Å²) in [4.78, 5) is 2.51. The number of nitrogens with one attached hydrogen (secondary N) is 1. The molecule has 2 heterocycles. The fraction of sp³-hybridized carbons (Fsp3) is 0.714. The molecule has 0 amide bonds. The van der Waals surface area contributed by atoms with Crippen LogP contribution in [0.3, 0.4) is 0 Å². The highest BCUT2D eigenvalue weighted by Gasteiger charge is 2.20. The topological polar surface area (TPSA) is 28.4 Å². The Morgan fingerprint density at radius 3 is 2.72 bits per heavy atom. The van der Waals surface area contributed by atoms with Crippen LogP contribution in [0, 0.1) is 5.92 Å². The highest BCUT2D eigenvalue weighted by molar-refractivity contribution is 9.10. The zero-order valence-corrected chi connectivity index (χ0v) is 12.9. The third-order valence-corrected chi connectivity index (χ3v) is 4.43. The van der Waals surface area contributed by atoms with Gasteiger partial charge in [0.1, 0.15) is 5.76 Å². The normalized spacial score (nSPS) is 17.8. The van der Waals surface area contributed by atoms with Crippen molar-refractivity contribution in [1.82, 2.24) is 10.2 Å². The van der Waals surface area contributed by atoms with Crippen molar-refractivity contribution in [2.75, 3.05) is 19.6 Å². The van der Waals surface area contributed by atoms with Crippen LogP contribution in [0.15, 0.2) is 21.2 Å². The van der Waals surface area contributed by atoms with Crippen molar-refractivity contribution in [1.29, 1.82) is 0 Å². The summed E-state index contributed by atoms with van der Waals surface area (Å²) in [6.07, 6.45) is 4.34. The van der Waals surface area contributed by atoms with Gasteiger partial charge in [-0.2, -0.15) is 0 Å². The summed E-state index contributed by atoms with van der Waals surface area (Å²) in [6.45, 7) is 8.93. The van der Waals surface area contributed by atoms with Gasteiger partial charge in [-0.05, 0) is 67.7 Å². The molecule has 102 valence electrons. The van der Waals surface area contributed by atoms with Gasteiger partial charge in [-0.1, -0.05) is 0 Å². The van der Waals surface area contributed by atoms with Gasteiger partial charge in [0, 0.05) is 12.6 Å². The minimum absolute atomic E-state index is 0.553. The minimum atomic E-state index is 0.553. The molecule has 1 N–H and O–H groups in total. The van der Waals surface area contributed by atoms with Crippen molar-refractivity contribution >= 4 is 15.9 Å². The molecule has 18 heavy (non-hydrogen) atoms. The van der Waals surface area contributed by atoms with Crippen molar-refractivity contribution in [3.63, 3.8) is 0 Å². The predicted octanol–water partition coefficient (Wildman–Crippen LogP) is 3.25. The maximum absolute atomic E-state index is 5.53. The third-order valence-electron chi connectivity index (χ3n) is 3.72. The average molecular weight is 315 g/mol. The molecular formula is C14H23BrN2O. The summed E-state index contributed by atoms with van der Waals surface area (Å²) < 4.78 is 6.62. The van der Waals surface area contributed by atoms with Gasteiger partial charge in [-0.25, -0.2) is 0 Å². The van der Waals surface area contributed by atoms with E-state index < -0.39 is 0 Å². The van der Waals surface area contributed by atoms with Gasteiger partial charge in [0.05, 0.1) is 17.3 Å². The molecule has 1 aliphatic rings. The molecule has 0 bridgehead atoms. The molecule has 3 nitrogen and oxygen atoms in total. The molecule has 4 heteroatoms. The highest BCUT2D eigenvalue weighted by Crippen LogP contribution is 2.22. The van der Waals surface area contributed by atoms with Crippen molar-refractivity contribution in [3.8, 4) is 0 Å². The van der Waals surface area contributed by atoms with Crippen molar-refractivity contribution < 1.29 is 4.42 Å². The van der Waals surface area contributed by atoms with Crippen LogP contribution in [0.2, 0.25) is 0 Å². The largest absolute Gasteiger partial charge is 0.467 e. The lowest BCUT2D eigenvalue weighted by Crippen LogP contribution is -2.39. The summed E-state index contributed by atoms with van der Waals surface area (Å²) in [6, 6.07) is 2.52. The van der Waals surface area contributed by atoms with Gasteiger partial charge in [0.25, 0.3) is 0 Å². The summed E-state index contributed by atoms with van der Waals surface area (Å²) in [5, 5.41) is 3.43. The Labute approximate surface area is 118 Å². The molecular weight excluding hydrogens is 292 g/mol. The molecule has 0 radical (unpaired) electrons. The SMILES string of the molecule is CC(C)N(Cc1occc1Br)CC1CCNCC1. The smallest absolute Gasteiger partial charge is 0.131 e. The van der Waals surface area contributed by atoms with Crippen molar-refractivity contribution in [2.45, 2.75) is 39.3 Å². The van der Waals surface area contributed by atoms with Crippen molar-refractivity contribution in [3.05, 3.63) is 22.6 Å². The first-order chi connectivity index (χ1) is 8.66. The molecule has 0 unspecified atom stereocenters. The number of nitrogens with zero attached hydrogens (tertiary/aromatic N) is 1. The molecule has 1 aliphatic heterocycles. The van der Waals surface area contributed by atoms with E-state index >= 15 is 0 Å². The number of hydrogen-bond donors (Lipinski definition) is 1. The van der Waals surface area contributed by atoms with E-state index in [0.29, 0.717) is 6.04 Å². The van der Waals surface area contributed by atoms with E-state index in [1.54, 1.807) is 6.26 Å². The highest BCUT2D eigenvalue weighted by atomic mass is 79.9. The first-order valence-electron chi connectivity index (χ1n) is 6.83. The number of hydrogen-bond acceptors (Lipinski definition) is 3. The van der Waals surface area contributed by atoms with E-state index in [4.69, 9.17) is 4.42 Å². The minimum Gasteiger partial charge on any atom is -0.467 e. The van der Waals surface area contributed by atoms with E-state index in [-0.39, 0.29) is 0 Å². The second-order valence-corrected chi connectivity index (χ2v) is 6.26. The third kappa shape index (κ3) is 3.84. The summed E-state index contributed by atoms with van der Waals surface area (Å²) in [7, 11) is 0. The van der Waals surface area contributed by atoms with Crippen LogP contribution in [0.4, 0.5) is 0 Å². The quantitative estimate of drug-likeness (QED) is 0.904. The Bertz CT molecular complexity index is 358. The Kier molecular flexibility index (Phi) is 5.27. The van der Waals surface area contributed by atoms with Crippen LogP contribution >= 0.6 is 15.9 Å². The Balaban J connectivity index is 1.93. The number of rotatable bonds is 5. The van der Waals surface area contributed by atoms with E-state index in [1.165, 1.54) is 32.5 Å². The molecule has 0 spiro atoms. The van der Waals surface area contributed by atoms with Crippen LogP contribution in [0.1, 0.15) is 32.4 Å². The summed E-state index contributed by atoms with van der Waals surface area (Å²) in [5.74, 6) is 1.86. The predicted molar refractivity (Wildman–Crippen MR) is 77.5 cm³/mol. The molecule has 1 saturated heterocycles.